The van der Waals surface area contributed by atoms with Gasteiger partial charge in [-0.2, -0.15) is 4.58 Å². The lowest BCUT2D eigenvalue weighted by Gasteiger charge is -2.23. The first kappa shape index (κ1) is 23.6. The van der Waals surface area contributed by atoms with Gasteiger partial charge in [-0.1, -0.05) is 61.0 Å². The minimum atomic E-state index is -2.19. The number of hydrogen-bond donors (Lipinski definition) is 1. The monoisotopic (exact) mass is 510 g/mol. The van der Waals surface area contributed by atoms with Gasteiger partial charge < -0.3 is 9.84 Å². The van der Waals surface area contributed by atoms with Crippen LogP contribution in [0.5, 0.6) is 0 Å². The van der Waals surface area contributed by atoms with Gasteiger partial charge in [0, 0.05) is 34.5 Å². The van der Waals surface area contributed by atoms with E-state index in [2.05, 4.69) is 42.8 Å². The van der Waals surface area contributed by atoms with E-state index in [0.717, 1.165) is 15.7 Å². The van der Waals surface area contributed by atoms with Crippen molar-refractivity contribution >= 4 is 39.1 Å². The van der Waals surface area contributed by atoms with E-state index < -0.39 is 11.6 Å². The van der Waals surface area contributed by atoms with E-state index in [9.17, 15) is 14.7 Å². The quantitative estimate of drug-likeness (QED) is 0.453. The normalized spacial score (nSPS) is 20.8. The Morgan fingerprint density at radius 1 is 1.15 bits per heavy atom. The van der Waals surface area contributed by atoms with Crippen LogP contribution in [-0.2, 0) is 19.7 Å². The van der Waals surface area contributed by atoms with E-state index in [1.807, 2.05) is 47.0 Å². The van der Waals surface area contributed by atoms with E-state index >= 15 is 0 Å². The summed E-state index contributed by atoms with van der Waals surface area (Å²) in [7, 11) is 0. The van der Waals surface area contributed by atoms with Crippen LogP contribution in [0.1, 0.15) is 58.1 Å². The number of carbonyl (C=O) groups is 2. The number of aliphatic hydroxyl groups is 1. The molecule has 0 bridgehead atoms. The number of ketones is 1. The number of halogens is 1. The third-order valence-corrected chi connectivity index (χ3v) is 6.70. The van der Waals surface area contributed by atoms with Crippen LogP contribution in [0.3, 0.4) is 0 Å². The molecule has 33 heavy (non-hydrogen) atoms. The maximum atomic E-state index is 13.4. The number of esters is 1. The second-order valence-corrected chi connectivity index (χ2v) is 10.4. The van der Waals surface area contributed by atoms with Gasteiger partial charge >= 0.3 is 5.97 Å². The lowest BCUT2D eigenvalue weighted by Crippen LogP contribution is -2.51. The molecule has 5 nitrogen and oxygen atoms in total. The molecule has 2 aliphatic rings. The lowest BCUT2D eigenvalue weighted by molar-refractivity contribution is -0.386. The lowest BCUT2D eigenvalue weighted by atomic mass is 9.80. The zero-order valence-electron chi connectivity index (χ0n) is 19.4. The molecule has 0 amide bonds. The number of rotatable bonds is 4. The first-order chi connectivity index (χ1) is 15.6. The molecule has 0 spiro atoms. The van der Waals surface area contributed by atoms with Crippen LogP contribution in [0, 0.1) is 0 Å². The highest BCUT2D eigenvalue weighted by atomic mass is 79.9. The summed E-state index contributed by atoms with van der Waals surface area (Å²) in [6.07, 6.45) is 1.54. The number of ether oxygens (including phenoxy) is 1. The predicted octanol–water partition coefficient (Wildman–Crippen LogP) is 5.19. The van der Waals surface area contributed by atoms with Crippen LogP contribution < -0.4 is 0 Å². The highest BCUT2D eigenvalue weighted by Crippen LogP contribution is 2.45. The molecule has 2 aromatic rings. The SMILES string of the molecule is CCOC(=O)[C@]1(O)C2=C(CCCC2=O)[N+](c2ccccc2C(C)(C)C)=C1c1cccc(Br)c1. The topological polar surface area (TPSA) is 66.6 Å². The number of carbonyl (C=O) groups excluding carboxylic acids is 2. The molecule has 0 saturated carbocycles. The molecule has 0 aromatic heterocycles. The van der Waals surface area contributed by atoms with Crippen molar-refractivity contribution in [2.45, 2.75) is 58.0 Å². The van der Waals surface area contributed by atoms with Gasteiger partial charge in [0.25, 0.3) is 5.60 Å². The Bertz CT molecular complexity index is 1200. The summed E-state index contributed by atoms with van der Waals surface area (Å²) in [4.78, 5) is 26.6. The molecule has 1 atom stereocenters. The van der Waals surface area contributed by atoms with Crippen molar-refractivity contribution in [2.75, 3.05) is 6.61 Å². The van der Waals surface area contributed by atoms with Crippen molar-refractivity contribution in [3.05, 3.63) is 75.4 Å². The van der Waals surface area contributed by atoms with Gasteiger partial charge in [0.1, 0.15) is 5.57 Å². The molecule has 0 radical (unpaired) electrons. The maximum absolute atomic E-state index is 13.4. The fraction of sp³-hybridized carbons (Fsp3) is 0.370. The van der Waals surface area contributed by atoms with Gasteiger partial charge in [0.05, 0.1) is 6.61 Å². The van der Waals surface area contributed by atoms with Crippen LogP contribution in [-0.4, -0.2) is 39.4 Å². The number of hydrogen-bond acceptors (Lipinski definition) is 4. The minimum absolute atomic E-state index is 0.0995. The number of allylic oxidation sites excluding steroid dienone is 1. The first-order valence-electron chi connectivity index (χ1n) is 11.3. The summed E-state index contributed by atoms with van der Waals surface area (Å²) < 4.78 is 8.10. The van der Waals surface area contributed by atoms with E-state index in [1.165, 1.54) is 0 Å². The largest absolute Gasteiger partial charge is 0.463 e. The van der Waals surface area contributed by atoms with E-state index in [-0.39, 0.29) is 23.4 Å². The Kier molecular flexibility index (Phi) is 6.18. The second-order valence-electron chi connectivity index (χ2n) is 9.49. The Hall–Kier alpha value is -2.57. The number of para-hydroxylation sites is 1. The van der Waals surface area contributed by atoms with Gasteiger partial charge in [-0.25, -0.2) is 4.79 Å². The standard InChI is InChI=1S/C27H29BrNO4/c1-5-33-25(31)27(32)23-21(14-9-15-22(23)30)29(24(27)17-10-8-11-18(28)16-17)20-13-7-6-12-19(20)26(2,3)4/h6-8,10-13,16,32H,5,9,14-15H2,1-4H3/q+1/t27-/m0/s1. The Morgan fingerprint density at radius 3 is 2.55 bits per heavy atom. The zero-order valence-corrected chi connectivity index (χ0v) is 21.0. The molecular weight excluding hydrogens is 482 g/mol. The molecule has 1 aliphatic carbocycles. The average Bonchev–Trinajstić information content (AvgIpc) is 3.04. The summed E-state index contributed by atoms with van der Waals surface area (Å²) in [5.74, 6) is -1.03. The van der Waals surface area contributed by atoms with Gasteiger partial charge in [-0.05, 0) is 37.0 Å². The van der Waals surface area contributed by atoms with Crippen molar-refractivity contribution in [1.29, 1.82) is 0 Å². The Labute approximate surface area is 202 Å². The molecule has 4 rings (SSSR count). The highest BCUT2D eigenvalue weighted by molar-refractivity contribution is 9.10. The van der Waals surface area contributed by atoms with Gasteiger partial charge in [-0.3, -0.25) is 4.79 Å². The van der Waals surface area contributed by atoms with Crippen LogP contribution >= 0.6 is 15.9 Å². The minimum Gasteiger partial charge on any atom is -0.463 e. The Balaban J connectivity index is 2.16. The first-order valence-corrected chi connectivity index (χ1v) is 12.1. The van der Waals surface area contributed by atoms with Crippen LogP contribution in [0.4, 0.5) is 5.69 Å². The number of Topliss-reactive ketones (excluding diaryl/α,β-unsaturated/α-hetero) is 1. The summed E-state index contributed by atoms with van der Waals surface area (Å²) in [6, 6.07) is 15.4. The molecule has 0 fully saturated rings. The fourth-order valence-electron chi connectivity index (χ4n) is 4.85. The third-order valence-electron chi connectivity index (χ3n) is 6.20. The van der Waals surface area contributed by atoms with Crippen molar-refractivity contribution in [3.63, 3.8) is 0 Å². The molecule has 1 aliphatic heterocycles. The molecular formula is C27H29BrNO4+. The van der Waals surface area contributed by atoms with Gasteiger partial charge in [0.15, 0.2) is 11.5 Å². The van der Waals surface area contributed by atoms with Crippen molar-refractivity contribution in [1.82, 2.24) is 0 Å². The summed E-state index contributed by atoms with van der Waals surface area (Å²) in [6.45, 7) is 8.17. The maximum Gasteiger partial charge on any atom is 0.354 e. The second kappa shape index (κ2) is 8.65. The molecule has 1 heterocycles. The molecule has 6 heteroatoms. The molecule has 2 aromatic carbocycles. The zero-order chi connectivity index (χ0) is 24.0. The molecule has 172 valence electrons. The average molecular weight is 511 g/mol. The van der Waals surface area contributed by atoms with Crippen molar-refractivity contribution in [2.24, 2.45) is 0 Å². The van der Waals surface area contributed by atoms with Gasteiger partial charge in [0.2, 0.25) is 11.4 Å². The molecule has 0 unspecified atom stereocenters. The molecule has 0 saturated heterocycles. The van der Waals surface area contributed by atoms with E-state index in [4.69, 9.17) is 4.74 Å². The van der Waals surface area contributed by atoms with Crippen molar-refractivity contribution in [3.8, 4) is 0 Å². The number of nitrogens with zero attached hydrogens (tertiary/aromatic N) is 1. The van der Waals surface area contributed by atoms with Crippen molar-refractivity contribution < 1.29 is 24.0 Å². The number of benzene rings is 2. The van der Waals surface area contributed by atoms with Crippen LogP contribution in [0.25, 0.3) is 0 Å². The summed E-state index contributed by atoms with van der Waals surface area (Å²) in [5, 5.41) is 12.1. The Morgan fingerprint density at radius 2 is 1.88 bits per heavy atom. The van der Waals surface area contributed by atoms with E-state index in [1.54, 1.807) is 6.92 Å². The van der Waals surface area contributed by atoms with Gasteiger partial charge in [-0.15, -0.1) is 0 Å². The molecule has 1 N–H and O–H groups in total. The predicted molar refractivity (Wildman–Crippen MR) is 131 cm³/mol. The summed E-state index contributed by atoms with van der Waals surface area (Å²) in [5.41, 5.74) is 1.32. The smallest absolute Gasteiger partial charge is 0.354 e. The van der Waals surface area contributed by atoms with Crippen LogP contribution in [0.2, 0.25) is 0 Å². The third kappa shape index (κ3) is 3.89. The highest BCUT2D eigenvalue weighted by Gasteiger charge is 2.63. The van der Waals surface area contributed by atoms with E-state index in [0.29, 0.717) is 36.2 Å². The fourth-order valence-corrected chi connectivity index (χ4v) is 5.25. The summed E-state index contributed by atoms with van der Waals surface area (Å²) >= 11 is 3.52. The van der Waals surface area contributed by atoms with Crippen LogP contribution in [0.15, 0.2) is 64.3 Å².